The molecule has 0 spiro atoms. The van der Waals surface area contributed by atoms with Crippen molar-refractivity contribution in [3.63, 3.8) is 0 Å². The summed E-state index contributed by atoms with van der Waals surface area (Å²) in [7, 11) is 0. The zero-order valence-corrected chi connectivity index (χ0v) is 15.1. The highest BCUT2D eigenvalue weighted by Gasteiger charge is 2.03. The van der Waals surface area contributed by atoms with Gasteiger partial charge in [-0.25, -0.2) is 9.97 Å². The summed E-state index contributed by atoms with van der Waals surface area (Å²) in [6.45, 7) is 5.20. The Morgan fingerprint density at radius 2 is 1.46 bits per heavy atom. The molecule has 0 unspecified atom stereocenters. The van der Waals surface area contributed by atoms with Crippen LogP contribution in [0, 0.1) is 0 Å². The molecule has 0 radical (unpaired) electrons. The Morgan fingerprint density at radius 3 is 2.12 bits per heavy atom. The fourth-order valence-electron chi connectivity index (χ4n) is 2.64. The number of ether oxygens (including phenoxy) is 1. The lowest BCUT2D eigenvalue weighted by atomic mass is 10.1. The molecule has 2 aromatic rings. The Labute approximate surface area is 146 Å². The summed E-state index contributed by atoms with van der Waals surface area (Å²) in [6.07, 6.45) is 13.4. The third-order valence-corrected chi connectivity index (χ3v) is 4.18. The topological polar surface area (TPSA) is 35.0 Å². The van der Waals surface area contributed by atoms with Crippen LogP contribution >= 0.6 is 0 Å². The molecular formula is C21H30N2O. The Balaban J connectivity index is 1.80. The van der Waals surface area contributed by atoms with Crippen LogP contribution in [0.25, 0.3) is 11.4 Å². The van der Waals surface area contributed by atoms with Crippen LogP contribution in [0.15, 0.2) is 36.7 Å². The van der Waals surface area contributed by atoms with Gasteiger partial charge < -0.3 is 4.74 Å². The highest BCUT2D eigenvalue weighted by atomic mass is 16.5. The first kappa shape index (κ1) is 18.4. The molecule has 2 rings (SSSR count). The van der Waals surface area contributed by atoms with Crippen molar-refractivity contribution in [2.24, 2.45) is 0 Å². The molecule has 1 aromatic heterocycles. The van der Waals surface area contributed by atoms with E-state index in [9.17, 15) is 0 Å². The van der Waals surface area contributed by atoms with E-state index in [-0.39, 0.29) is 0 Å². The molecule has 0 atom stereocenters. The monoisotopic (exact) mass is 326 g/mol. The molecule has 0 aliphatic rings. The maximum Gasteiger partial charge on any atom is 0.159 e. The van der Waals surface area contributed by atoms with Crippen LogP contribution in [0.2, 0.25) is 0 Å². The van der Waals surface area contributed by atoms with Gasteiger partial charge in [0, 0.05) is 5.56 Å². The van der Waals surface area contributed by atoms with Crippen molar-refractivity contribution in [3.8, 4) is 17.1 Å². The molecule has 0 aliphatic heterocycles. The maximum absolute atomic E-state index is 5.72. The fourth-order valence-corrected chi connectivity index (χ4v) is 2.64. The number of benzene rings is 1. The van der Waals surface area contributed by atoms with E-state index in [1.165, 1.54) is 44.1 Å². The third kappa shape index (κ3) is 6.31. The van der Waals surface area contributed by atoms with Gasteiger partial charge in [-0.2, -0.15) is 0 Å². The summed E-state index contributed by atoms with van der Waals surface area (Å²) < 4.78 is 5.72. The van der Waals surface area contributed by atoms with Crippen molar-refractivity contribution in [2.75, 3.05) is 6.61 Å². The smallest absolute Gasteiger partial charge is 0.159 e. The third-order valence-electron chi connectivity index (χ3n) is 4.18. The molecule has 0 fully saturated rings. The van der Waals surface area contributed by atoms with E-state index in [1.54, 1.807) is 12.4 Å². The summed E-state index contributed by atoms with van der Waals surface area (Å²) in [6, 6.07) is 8.56. The van der Waals surface area contributed by atoms with Gasteiger partial charge in [0.25, 0.3) is 0 Å². The molecule has 0 saturated heterocycles. The summed E-state index contributed by atoms with van der Waals surface area (Å²) in [4.78, 5) is 8.87. The average Bonchev–Trinajstić information content (AvgIpc) is 2.64. The Bertz CT molecular complexity index is 563. The average molecular weight is 326 g/mol. The maximum atomic E-state index is 5.72. The van der Waals surface area contributed by atoms with Crippen LogP contribution < -0.4 is 4.74 Å². The van der Waals surface area contributed by atoms with E-state index in [2.05, 4.69) is 48.1 Å². The van der Waals surface area contributed by atoms with Crippen LogP contribution in [0.4, 0.5) is 0 Å². The molecule has 0 aliphatic carbocycles. The highest BCUT2D eigenvalue weighted by molar-refractivity contribution is 5.55. The standard InChI is InChI=1S/C21H30N2O/c1-3-5-7-8-9-15-24-20-16-22-21(23-17-20)19-13-11-18(12-14-19)10-6-4-2/h11-14,16-17H,3-10,15H2,1-2H3. The Morgan fingerprint density at radius 1 is 0.792 bits per heavy atom. The van der Waals surface area contributed by atoms with Gasteiger partial charge in [-0.15, -0.1) is 0 Å². The van der Waals surface area contributed by atoms with Crippen LogP contribution in [0.5, 0.6) is 5.75 Å². The van der Waals surface area contributed by atoms with Crippen molar-refractivity contribution >= 4 is 0 Å². The molecule has 0 N–H and O–H groups in total. The predicted molar refractivity (Wildman–Crippen MR) is 100 cm³/mol. The molecule has 1 heterocycles. The van der Waals surface area contributed by atoms with Crippen molar-refractivity contribution in [1.82, 2.24) is 9.97 Å². The molecule has 24 heavy (non-hydrogen) atoms. The van der Waals surface area contributed by atoms with E-state index >= 15 is 0 Å². The molecule has 3 heteroatoms. The number of hydrogen-bond donors (Lipinski definition) is 0. The zero-order chi connectivity index (χ0) is 17.0. The van der Waals surface area contributed by atoms with Crippen LogP contribution in [-0.4, -0.2) is 16.6 Å². The van der Waals surface area contributed by atoms with Gasteiger partial charge in [0.2, 0.25) is 0 Å². The Kier molecular flexibility index (Phi) is 8.29. The van der Waals surface area contributed by atoms with Gasteiger partial charge >= 0.3 is 0 Å². The van der Waals surface area contributed by atoms with Gasteiger partial charge in [-0.3, -0.25) is 0 Å². The van der Waals surface area contributed by atoms with Gasteiger partial charge in [0.15, 0.2) is 11.6 Å². The zero-order valence-electron chi connectivity index (χ0n) is 15.1. The molecule has 0 amide bonds. The number of rotatable bonds is 11. The van der Waals surface area contributed by atoms with Gasteiger partial charge in [0.05, 0.1) is 19.0 Å². The number of hydrogen-bond acceptors (Lipinski definition) is 3. The number of nitrogens with zero attached hydrogens (tertiary/aromatic N) is 2. The van der Waals surface area contributed by atoms with Crippen molar-refractivity contribution in [2.45, 2.75) is 65.2 Å². The molecule has 130 valence electrons. The summed E-state index contributed by atoms with van der Waals surface area (Å²) in [5.41, 5.74) is 2.44. The minimum Gasteiger partial charge on any atom is -0.490 e. The molecule has 3 nitrogen and oxygen atoms in total. The highest BCUT2D eigenvalue weighted by Crippen LogP contribution is 2.18. The lowest BCUT2D eigenvalue weighted by Crippen LogP contribution is -1.99. The van der Waals surface area contributed by atoms with Gasteiger partial charge in [-0.1, -0.05) is 70.2 Å². The lowest BCUT2D eigenvalue weighted by molar-refractivity contribution is 0.302. The van der Waals surface area contributed by atoms with Crippen LogP contribution in [-0.2, 0) is 6.42 Å². The van der Waals surface area contributed by atoms with Gasteiger partial charge in [0.1, 0.15) is 0 Å². The SMILES string of the molecule is CCCCCCCOc1cnc(-c2ccc(CCCC)cc2)nc1. The molecular weight excluding hydrogens is 296 g/mol. The summed E-state index contributed by atoms with van der Waals surface area (Å²) in [5.74, 6) is 1.51. The van der Waals surface area contributed by atoms with Crippen LogP contribution in [0.1, 0.15) is 64.4 Å². The minimum atomic E-state index is 0.749. The van der Waals surface area contributed by atoms with Gasteiger partial charge in [-0.05, 0) is 24.8 Å². The number of aromatic nitrogens is 2. The first-order valence-electron chi connectivity index (χ1n) is 9.37. The first-order chi connectivity index (χ1) is 11.8. The lowest BCUT2D eigenvalue weighted by Gasteiger charge is -2.07. The van der Waals surface area contributed by atoms with E-state index in [1.807, 2.05) is 0 Å². The quantitative estimate of drug-likeness (QED) is 0.487. The van der Waals surface area contributed by atoms with E-state index in [0.29, 0.717) is 0 Å². The second kappa shape index (κ2) is 10.8. The number of aryl methyl sites for hydroxylation is 1. The second-order valence-corrected chi connectivity index (χ2v) is 6.31. The van der Waals surface area contributed by atoms with E-state index < -0.39 is 0 Å². The van der Waals surface area contributed by atoms with Crippen molar-refractivity contribution in [3.05, 3.63) is 42.2 Å². The fraction of sp³-hybridized carbons (Fsp3) is 0.524. The van der Waals surface area contributed by atoms with Crippen molar-refractivity contribution < 1.29 is 4.74 Å². The van der Waals surface area contributed by atoms with Crippen LogP contribution in [0.3, 0.4) is 0 Å². The molecule has 0 bridgehead atoms. The minimum absolute atomic E-state index is 0.749. The molecule has 0 saturated carbocycles. The number of unbranched alkanes of at least 4 members (excludes halogenated alkanes) is 5. The summed E-state index contributed by atoms with van der Waals surface area (Å²) >= 11 is 0. The van der Waals surface area contributed by atoms with E-state index in [0.717, 1.165) is 36.6 Å². The Hall–Kier alpha value is -1.90. The normalized spacial score (nSPS) is 10.8. The largest absolute Gasteiger partial charge is 0.490 e. The molecule has 1 aromatic carbocycles. The predicted octanol–water partition coefficient (Wildman–Crippen LogP) is 5.84. The first-order valence-corrected chi connectivity index (χ1v) is 9.37. The second-order valence-electron chi connectivity index (χ2n) is 6.31. The van der Waals surface area contributed by atoms with E-state index in [4.69, 9.17) is 4.74 Å². The van der Waals surface area contributed by atoms with Crippen molar-refractivity contribution in [1.29, 1.82) is 0 Å². The summed E-state index contributed by atoms with van der Waals surface area (Å²) in [5, 5.41) is 0.